The fourth-order valence-corrected chi connectivity index (χ4v) is 1.22. The fourth-order valence-electron chi connectivity index (χ4n) is 1.22. The van der Waals surface area contributed by atoms with E-state index in [-0.39, 0.29) is 5.41 Å². The van der Waals surface area contributed by atoms with Gasteiger partial charge >= 0.3 is 0 Å². The standard InChI is InChI=1S/C11H23N/c1-7-10(3,4)11(5,6)8-9(2)12/h8H,7,12H2,1-6H3. The van der Waals surface area contributed by atoms with Gasteiger partial charge in [0.05, 0.1) is 0 Å². The fraction of sp³-hybridized carbons (Fsp3) is 0.818. The number of allylic oxidation sites excluding steroid dienone is 2. The van der Waals surface area contributed by atoms with E-state index in [0.29, 0.717) is 5.41 Å². The number of nitrogens with two attached hydrogens (primary N) is 1. The molecule has 0 aromatic heterocycles. The van der Waals surface area contributed by atoms with Crippen LogP contribution in [0.1, 0.15) is 48.0 Å². The Kier molecular flexibility index (Phi) is 3.37. The summed E-state index contributed by atoms with van der Waals surface area (Å²) >= 11 is 0. The molecular weight excluding hydrogens is 146 g/mol. The third-order valence-electron chi connectivity index (χ3n) is 3.22. The van der Waals surface area contributed by atoms with Crippen LogP contribution < -0.4 is 5.73 Å². The molecule has 0 atom stereocenters. The molecule has 0 rings (SSSR count). The summed E-state index contributed by atoms with van der Waals surface area (Å²) in [4.78, 5) is 0. The zero-order valence-electron chi connectivity index (χ0n) is 9.36. The van der Waals surface area contributed by atoms with Gasteiger partial charge in [0.1, 0.15) is 0 Å². The lowest BCUT2D eigenvalue weighted by Crippen LogP contribution is -2.30. The maximum absolute atomic E-state index is 5.69. The molecule has 0 unspecified atom stereocenters. The maximum Gasteiger partial charge on any atom is 0.00140 e. The van der Waals surface area contributed by atoms with Crippen molar-refractivity contribution in [2.75, 3.05) is 0 Å². The Labute approximate surface area is 77.0 Å². The summed E-state index contributed by atoms with van der Waals surface area (Å²) in [5.41, 5.74) is 7.10. The minimum atomic E-state index is 0.181. The van der Waals surface area contributed by atoms with Crippen LogP contribution in [-0.4, -0.2) is 0 Å². The third kappa shape index (κ3) is 2.54. The summed E-state index contributed by atoms with van der Waals surface area (Å²) in [6, 6.07) is 0. The topological polar surface area (TPSA) is 26.0 Å². The van der Waals surface area contributed by atoms with Crippen molar-refractivity contribution in [1.29, 1.82) is 0 Å². The lowest BCUT2D eigenvalue weighted by Gasteiger charge is -2.39. The maximum atomic E-state index is 5.69. The Balaban J connectivity index is 4.72. The predicted molar refractivity (Wildman–Crippen MR) is 55.8 cm³/mol. The molecule has 1 heteroatoms. The van der Waals surface area contributed by atoms with Crippen molar-refractivity contribution in [2.45, 2.75) is 48.0 Å². The van der Waals surface area contributed by atoms with Gasteiger partial charge in [-0.3, -0.25) is 0 Å². The van der Waals surface area contributed by atoms with Gasteiger partial charge in [-0.05, 0) is 17.8 Å². The zero-order valence-corrected chi connectivity index (χ0v) is 9.36. The van der Waals surface area contributed by atoms with Crippen molar-refractivity contribution in [3.8, 4) is 0 Å². The molecule has 0 radical (unpaired) electrons. The van der Waals surface area contributed by atoms with Gasteiger partial charge in [-0.25, -0.2) is 0 Å². The Morgan fingerprint density at radius 3 is 1.92 bits per heavy atom. The van der Waals surface area contributed by atoms with E-state index in [0.717, 1.165) is 5.70 Å². The smallest absolute Gasteiger partial charge is 0.00140 e. The normalized spacial score (nSPS) is 15.0. The number of rotatable bonds is 3. The van der Waals surface area contributed by atoms with Crippen LogP contribution >= 0.6 is 0 Å². The van der Waals surface area contributed by atoms with Crippen molar-refractivity contribution < 1.29 is 0 Å². The van der Waals surface area contributed by atoms with Crippen molar-refractivity contribution in [1.82, 2.24) is 0 Å². The molecule has 0 heterocycles. The summed E-state index contributed by atoms with van der Waals surface area (Å²) in [7, 11) is 0. The van der Waals surface area contributed by atoms with E-state index in [4.69, 9.17) is 5.73 Å². The largest absolute Gasteiger partial charge is 0.403 e. The van der Waals surface area contributed by atoms with Gasteiger partial charge in [-0.15, -0.1) is 0 Å². The summed E-state index contributed by atoms with van der Waals surface area (Å²) in [6.45, 7) is 13.2. The molecule has 0 amide bonds. The van der Waals surface area contributed by atoms with Gasteiger partial charge < -0.3 is 5.73 Å². The molecule has 1 nitrogen and oxygen atoms in total. The molecule has 0 fully saturated rings. The SMILES string of the molecule is CCC(C)(C)C(C)(C)C=C(C)N. The zero-order chi connectivity index (χ0) is 9.99. The first kappa shape index (κ1) is 11.5. The van der Waals surface area contributed by atoms with E-state index in [1.807, 2.05) is 6.92 Å². The Bertz CT molecular complexity index is 171. The van der Waals surface area contributed by atoms with Crippen LogP contribution in [0.5, 0.6) is 0 Å². The molecule has 0 aliphatic heterocycles. The van der Waals surface area contributed by atoms with Crippen molar-refractivity contribution in [3.05, 3.63) is 11.8 Å². The van der Waals surface area contributed by atoms with E-state index in [1.165, 1.54) is 6.42 Å². The average molecular weight is 169 g/mol. The molecule has 0 saturated carbocycles. The van der Waals surface area contributed by atoms with Gasteiger partial charge in [-0.1, -0.05) is 47.1 Å². The van der Waals surface area contributed by atoms with Crippen LogP contribution in [0.25, 0.3) is 0 Å². The summed E-state index contributed by atoms with van der Waals surface area (Å²) in [5, 5.41) is 0. The Hall–Kier alpha value is -0.460. The summed E-state index contributed by atoms with van der Waals surface area (Å²) in [5.74, 6) is 0. The highest BCUT2D eigenvalue weighted by atomic mass is 14.6. The first-order valence-corrected chi connectivity index (χ1v) is 4.68. The van der Waals surface area contributed by atoms with Gasteiger partial charge in [0.2, 0.25) is 0 Å². The van der Waals surface area contributed by atoms with Crippen molar-refractivity contribution in [2.24, 2.45) is 16.6 Å². The van der Waals surface area contributed by atoms with Gasteiger partial charge in [-0.2, -0.15) is 0 Å². The second kappa shape index (κ2) is 3.51. The van der Waals surface area contributed by atoms with Gasteiger partial charge in [0.15, 0.2) is 0 Å². The van der Waals surface area contributed by atoms with Crippen LogP contribution in [0.15, 0.2) is 11.8 Å². The number of hydrogen-bond acceptors (Lipinski definition) is 1. The van der Waals surface area contributed by atoms with E-state index in [1.54, 1.807) is 0 Å². The van der Waals surface area contributed by atoms with Crippen LogP contribution in [-0.2, 0) is 0 Å². The molecule has 0 aliphatic carbocycles. The monoisotopic (exact) mass is 169 g/mol. The van der Waals surface area contributed by atoms with E-state index >= 15 is 0 Å². The highest BCUT2D eigenvalue weighted by Gasteiger charge is 2.33. The quantitative estimate of drug-likeness (QED) is 0.689. The highest BCUT2D eigenvalue weighted by molar-refractivity contribution is 5.06. The Morgan fingerprint density at radius 1 is 1.25 bits per heavy atom. The first-order valence-electron chi connectivity index (χ1n) is 4.68. The molecular formula is C11H23N. The van der Waals surface area contributed by atoms with E-state index < -0.39 is 0 Å². The first-order chi connectivity index (χ1) is 5.23. The average Bonchev–Trinajstić information content (AvgIpc) is 1.84. The highest BCUT2D eigenvalue weighted by Crippen LogP contribution is 2.42. The predicted octanol–water partition coefficient (Wildman–Crippen LogP) is 3.31. The van der Waals surface area contributed by atoms with Crippen molar-refractivity contribution >= 4 is 0 Å². The molecule has 0 spiro atoms. The van der Waals surface area contributed by atoms with Crippen LogP contribution in [0.4, 0.5) is 0 Å². The van der Waals surface area contributed by atoms with Crippen LogP contribution in [0, 0.1) is 10.8 Å². The lowest BCUT2D eigenvalue weighted by atomic mass is 9.66. The lowest BCUT2D eigenvalue weighted by molar-refractivity contribution is 0.158. The molecule has 0 bridgehead atoms. The second-order valence-electron chi connectivity index (χ2n) is 4.85. The van der Waals surface area contributed by atoms with Crippen molar-refractivity contribution in [3.63, 3.8) is 0 Å². The minimum absolute atomic E-state index is 0.181. The molecule has 0 saturated heterocycles. The third-order valence-corrected chi connectivity index (χ3v) is 3.22. The number of hydrogen-bond donors (Lipinski definition) is 1. The minimum Gasteiger partial charge on any atom is -0.403 e. The summed E-state index contributed by atoms with van der Waals surface area (Å²) in [6.07, 6.45) is 3.33. The van der Waals surface area contributed by atoms with E-state index in [2.05, 4.69) is 40.7 Å². The molecule has 2 N–H and O–H groups in total. The summed E-state index contributed by atoms with van der Waals surface area (Å²) < 4.78 is 0. The molecule has 0 aromatic carbocycles. The van der Waals surface area contributed by atoms with Gasteiger partial charge in [0.25, 0.3) is 0 Å². The molecule has 72 valence electrons. The molecule has 0 aromatic rings. The molecule has 0 aliphatic rings. The molecule has 12 heavy (non-hydrogen) atoms. The van der Waals surface area contributed by atoms with Crippen LogP contribution in [0.2, 0.25) is 0 Å². The van der Waals surface area contributed by atoms with E-state index in [9.17, 15) is 0 Å². The van der Waals surface area contributed by atoms with Crippen LogP contribution in [0.3, 0.4) is 0 Å². The Morgan fingerprint density at radius 2 is 1.67 bits per heavy atom. The second-order valence-corrected chi connectivity index (χ2v) is 4.85. The van der Waals surface area contributed by atoms with Gasteiger partial charge in [0, 0.05) is 5.70 Å².